The molecule has 0 saturated heterocycles. The van der Waals surface area contributed by atoms with Crippen molar-refractivity contribution < 1.29 is 0 Å². The molecule has 6 aromatic carbocycles. The first-order valence-corrected chi connectivity index (χ1v) is 35.3. The third-order valence-corrected chi connectivity index (χ3v) is 18.0. The summed E-state index contributed by atoms with van der Waals surface area (Å²) in [5.41, 5.74) is 4.98. The van der Waals surface area contributed by atoms with Gasteiger partial charge in [-0.2, -0.15) is 0 Å². The Bertz CT molecular complexity index is 2680. The van der Waals surface area contributed by atoms with E-state index in [0.717, 1.165) is 70.0 Å². The summed E-state index contributed by atoms with van der Waals surface area (Å²) >= 11 is 0. The predicted octanol–water partition coefficient (Wildman–Crippen LogP) is 22.8. The summed E-state index contributed by atoms with van der Waals surface area (Å²) in [5.74, 6) is 13.6. The quantitative estimate of drug-likeness (QED) is 0.0165. The fourth-order valence-corrected chi connectivity index (χ4v) is 12.8. The van der Waals surface area contributed by atoms with Crippen LogP contribution in [0.2, 0.25) is 0 Å². The smallest absolute Gasteiger partial charge is 0.234 e. The molecule has 0 bridgehead atoms. The zero-order valence-electron chi connectivity index (χ0n) is 53.9. The van der Waals surface area contributed by atoms with Gasteiger partial charge in [-0.05, 0) is 109 Å². The number of rotatable bonds is 46. The lowest BCUT2D eigenvalue weighted by Gasteiger charge is -2.25. The Labute approximate surface area is 512 Å². The molecular formula is C80H114N2O2. The van der Waals surface area contributed by atoms with Gasteiger partial charge < -0.3 is 9.80 Å². The molecule has 4 heteroatoms. The maximum Gasteiger partial charge on any atom is 0.234 e. The van der Waals surface area contributed by atoms with Gasteiger partial charge in [-0.3, -0.25) is 9.59 Å². The fraction of sp³-hybridized carbons (Fsp3) is 0.600. The molecule has 84 heavy (non-hydrogen) atoms. The fourth-order valence-electron chi connectivity index (χ4n) is 12.8. The SMILES string of the molecule is CCCCCCCCCCCCN(CCCCCCCCCCCC)c1ccc(C#Cc2cc3ccc4cc(C#Cc5ccc(N(CCCCCCCCCCCC)CCCCCCCCCCCC)cc5)cc5c(=O)c(=O)c(c2)c3c45)cc1. The second-order valence-electron chi connectivity index (χ2n) is 25.3. The van der Waals surface area contributed by atoms with Gasteiger partial charge in [0.15, 0.2) is 0 Å². The van der Waals surface area contributed by atoms with Crippen LogP contribution >= 0.6 is 0 Å². The van der Waals surface area contributed by atoms with Crippen LogP contribution in [0.3, 0.4) is 0 Å². The highest BCUT2D eigenvalue weighted by Crippen LogP contribution is 2.33. The molecule has 0 spiro atoms. The Morgan fingerprint density at radius 3 is 0.738 bits per heavy atom. The summed E-state index contributed by atoms with van der Waals surface area (Å²) in [5, 5.41) is 4.40. The van der Waals surface area contributed by atoms with Crippen molar-refractivity contribution in [1.82, 2.24) is 0 Å². The molecule has 6 aromatic rings. The summed E-state index contributed by atoms with van der Waals surface area (Å²) in [6, 6.07) is 29.5. The minimum Gasteiger partial charge on any atom is -0.372 e. The van der Waals surface area contributed by atoms with Crippen LogP contribution in [0.15, 0.2) is 94.5 Å². The summed E-state index contributed by atoms with van der Waals surface area (Å²) in [6.07, 6.45) is 54.0. The van der Waals surface area contributed by atoms with Crippen LogP contribution < -0.4 is 20.7 Å². The van der Waals surface area contributed by atoms with Gasteiger partial charge in [-0.15, -0.1) is 0 Å². The number of hydrogen-bond donors (Lipinski definition) is 0. The van der Waals surface area contributed by atoms with Crippen LogP contribution in [0.4, 0.5) is 11.4 Å². The van der Waals surface area contributed by atoms with Gasteiger partial charge in [0, 0.05) is 81.4 Å². The molecule has 0 aliphatic heterocycles. The second-order valence-corrected chi connectivity index (χ2v) is 25.3. The molecule has 0 aliphatic rings. The van der Waals surface area contributed by atoms with Crippen LogP contribution in [0.5, 0.6) is 0 Å². The maximum atomic E-state index is 14.0. The molecule has 0 aromatic heterocycles. The van der Waals surface area contributed by atoms with Crippen molar-refractivity contribution in [3.05, 3.63) is 128 Å². The first-order valence-electron chi connectivity index (χ1n) is 35.3. The van der Waals surface area contributed by atoms with Gasteiger partial charge in [0.2, 0.25) is 10.9 Å². The van der Waals surface area contributed by atoms with E-state index in [9.17, 15) is 9.59 Å². The van der Waals surface area contributed by atoms with E-state index in [-0.39, 0.29) is 0 Å². The topological polar surface area (TPSA) is 40.6 Å². The molecule has 0 unspecified atom stereocenters. The minimum atomic E-state index is -0.473. The molecule has 0 heterocycles. The van der Waals surface area contributed by atoms with Crippen LogP contribution in [0, 0.1) is 23.7 Å². The highest BCUT2D eigenvalue weighted by atomic mass is 16.2. The Hall–Kier alpha value is -5.32. The molecule has 0 N–H and O–H groups in total. The predicted molar refractivity (Wildman–Crippen MR) is 371 cm³/mol. The number of nitrogens with zero attached hydrogens (tertiary/aromatic N) is 2. The van der Waals surface area contributed by atoms with E-state index in [1.54, 1.807) is 0 Å². The van der Waals surface area contributed by atoms with Crippen molar-refractivity contribution in [2.24, 2.45) is 0 Å². The average Bonchev–Trinajstić information content (AvgIpc) is 3.54. The largest absolute Gasteiger partial charge is 0.372 e. The first-order chi connectivity index (χ1) is 41.4. The van der Waals surface area contributed by atoms with E-state index < -0.39 is 10.9 Å². The summed E-state index contributed by atoms with van der Waals surface area (Å²) in [7, 11) is 0. The van der Waals surface area contributed by atoms with E-state index in [0.29, 0.717) is 10.8 Å². The van der Waals surface area contributed by atoms with Crippen LogP contribution in [0.1, 0.15) is 307 Å². The van der Waals surface area contributed by atoms with Gasteiger partial charge in [-0.25, -0.2) is 0 Å². The van der Waals surface area contributed by atoms with Crippen LogP contribution in [-0.4, -0.2) is 26.2 Å². The van der Waals surface area contributed by atoms with Crippen molar-refractivity contribution in [3.63, 3.8) is 0 Å². The molecular weight excluding hydrogens is 1020 g/mol. The van der Waals surface area contributed by atoms with Gasteiger partial charge >= 0.3 is 0 Å². The summed E-state index contributed by atoms with van der Waals surface area (Å²) in [4.78, 5) is 33.2. The highest BCUT2D eigenvalue weighted by molar-refractivity contribution is 6.23. The molecule has 456 valence electrons. The minimum absolute atomic E-state index is 0.444. The highest BCUT2D eigenvalue weighted by Gasteiger charge is 2.17. The van der Waals surface area contributed by atoms with Gasteiger partial charge in [0.1, 0.15) is 0 Å². The molecule has 0 radical (unpaired) electrons. The van der Waals surface area contributed by atoms with E-state index in [2.05, 4.69) is 134 Å². The number of hydrogen-bond acceptors (Lipinski definition) is 4. The van der Waals surface area contributed by atoms with Crippen LogP contribution in [0.25, 0.3) is 32.3 Å². The first kappa shape index (κ1) is 67.8. The zero-order valence-corrected chi connectivity index (χ0v) is 53.9. The van der Waals surface area contributed by atoms with Crippen molar-refractivity contribution in [2.45, 2.75) is 285 Å². The Morgan fingerprint density at radius 1 is 0.262 bits per heavy atom. The molecule has 4 nitrogen and oxygen atoms in total. The van der Waals surface area contributed by atoms with E-state index in [4.69, 9.17) is 0 Å². The molecule has 6 rings (SSSR count). The third-order valence-electron chi connectivity index (χ3n) is 18.0. The number of anilines is 2. The Morgan fingerprint density at radius 2 is 0.488 bits per heavy atom. The van der Waals surface area contributed by atoms with Crippen LogP contribution in [-0.2, 0) is 0 Å². The van der Waals surface area contributed by atoms with Crippen molar-refractivity contribution in [3.8, 4) is 23.7 Å². The number of unbranched alkanes of at least 4 members (excludes halogenated alkanes) is 36. The summed E-state index contributed by atoms with van der Waals surface area (Å²) in [6.45, 7) is 13.6. The lowest BCUT2D eigenvalue weighted by molar-refractivity contribution is 0.543. The average molecular weight is 1140 g/mol. The Balaban J connectivity index is 1.08. The van der Waals surface area contributed by atoms with E-state index >= 15 is 0 Å². The lowest BCUT2D eigenvalue weighted by atomic mass is 9.91. The Kier molecular flexibility index (Phi) is 33.6. The molecule has 0 saturated carbocycles. The second kappa shape index (κ2) is 41.7. The lowest BCUT2D eigenvalue weighted by Crippen LogP contribution is -2.25. The summed E-state index contributed by atoms with van der Waals surface area (Å²) < 4.78 is 0. The molecule has 0 amide bonds. The maximum absolute atomic E-state index is 14.0. The van der Waals surface area contributed by atoms with Crippen molar-refractivity contribution in [2.75, 3.05) is 36.0 Å². The molecule has 0 fully saturated rings. The van der Waals surface area contributed by atoms with Gasteiger partial charge in [-0.1, -0.05) is 295 Å². The zero-order chi connectivity index (χ0) is 59.1. The standard InChI is InChI=1S/C80H114N2O2/c1-5-9-13-17-21-25-29-33-37-41-59-81(60-42-38-34-30-26-22-18-14-10-6-2)73-55-49-67(50-56-73)45-47-69-63-71-53-54-72-64-70(66-76-78(72)77(71)75(65-69)79(83)80(76)84)48-46-68-51-57-74(58-52-68)82(61-43-39-35-31-27-23-19-15-11-7-3)62-44-40-36-32-28-24-20-16-12-8-4/h49-58,63-66H,5-44,59-62H2,1-4H3. The van der Waals surface area contributed by atoms with Gasteiger partial charge in [0.25, 0.3) is 0 Å². The molecule has 0 aliphatic carbocycles. The monoisotopic (exact) mass is 1130 g/mol. The van der Waals surface area contributed by atoms with Crippen molar-refractivity contribution in [1.29, 1.82) is 0 Å². The van der Waals surface area contributed by atoms with E-state index in [1.807, 2.05) is 12.1 Å². The van der Waals surface area contributed by atoms with Crippen molar-refractivity contribution >= 4 is 43.7 Å². The van der Waals surface area contributed by atoms with Gasteiger partial charge in [0.05, 0.1) is 0 Å². The third kappa shape index (κ3) is 24.6. The molecule has 0 atom stereocenters. The van der Waals surface area contributed by atoms with E-state index in [1.165, 1.54) is 268 Å². The normalized spacial score (nSPS) is 11.4. The number of benzene rings is 6.